The van der Waals surface area contributed by atoms with E-state index in [-0.39, 0.29) is 16.6 Å². The van der Waals surface area contributed by atoms with Crippen molar-refractivity contribution in [1.29, 1.82) is 0 Å². The lowest BCUT2D eigenvalue weighted by atomic mass is 10.2. The molecule has 24 heavy (non-hydrogen) atoms. The molecule has 0 saturated heterocycles. The van der Waals surface area contributed by atoms with Crippen molar-refractivity contribution in [1.82, 2.24) is 4.98 Å². The van der Waals surface area contributed by atoms with Crippen molar-refractivity contribution in [2.24, 2.45) is 0 Å². The van der Waals surface area contributed by atoms with Crippen LogP contribution in [0.15, 0.2) is 58.3 Å². The van der Waals surface area contributed by atoms with Gasteiger partial charge in [0.05, 0.1) is 22.5 Å². The zero-order chi connectivity index (χ0) is 16.9. The van der Waals surface area contributed by atoms with Crippen molar-refractivity contribution < 1.29 is 9.18 Å². The number of thioether (sulfide) groups is 1. The normalized spacial score (nSPS) is 10.6. The van der Waals surface area contributed by atoms with E-state index in [1.165, 1.54) is 41.3 Å². The van der Waals surface area contributed by atoms with Crippen LogP contribution in [0, 0.1) is 5.82 Å². The minimum absolute atomic E-state index is 0.101. The molecule has 122 valence electrons. The van der Waals surface area contributed by atoms with E-state index in [2.05, 4.69) is 10.3 Å². The minimum atomic E-state index is -0.566. The maximum Gasteiger partial charge on any atom is 0.256 e. The molecule has 1 N–H and O–H groups in total. The molecule has 3 nitrogen and oxygen atoms in total. The van der Waals surface area contributed by atoms with Gasteiger partial charge in [0.15, 0.2) is 0 Å². The van der Waals surface area contributed by atoms with Crippen LogP contribution in [0.2, 0.25) is 5.02 Å². The number of anilines is 1. The summed E-state index contributed by atoms with van der Waals surface area (Å²) in [6.45, 7) is 0. The van der Waals surface area contributed by atoms with Crippen LogP contribution in [0.3, 0.4) is 0 Å². The van der Waals surface area contributed by atoms with Gasteiger partial charge in [0.1, 0.15) is 5.82 Å². The lowest BCUT2D eigenvalue weighted by Gasteiger charge is -2.10. The van der Waals surface area contributed by atoms with Crippen molar-refractivity contribution in [2.45, 2.75) is 10.6 Å². The zero-order valence-electron chi connectivity index (χ0n) is 12.3. The summed E-state index contributed by atoms with van der Waals surface area (Å²) in [7, 11) is 0. The molecule has 0 bridgehead atoms. The number of benzene rings is 2. The Balaban J connectivity index is 1.77. The van der Waals surface area contributed by atoms with E-state index in [4.69, 9.17) is 11.6 Å². The average Bonchev–Trinajstić information content (AvgIpc) is 3.09. The maximum absolute atomic E-state index is 13.8. The van der Waals surface area contributed by atoms with E-state index < -0.39 is 5.82 Å². The molecule has 0 spiro atoms. The van der Waals surface area contributed by atoms with Crippen LogP contribution in [0.5, 0.6) is 0 Å². The number of carbonyl (C=O) groups is 1. The van der Waals surface area contributed by atoms with Crippen molar-refractivity contribution in [3.8, 4) is 0 Å². The van der Waals surface area contributed by atoms with Crippen LogP contribution >= 0.6 is 34.7 Å². The fraction of sp³-hybridized carbons (Fsp3) is 0.0588. The Labute approximate surface area is 151 Å². The molecule has 0 radical (unpaired) electrons. The minimum Gasteiger partial charge on any atom is -0.319 e. The summed E-state index contributed by atoms with van der Waals surface area (Å²) in [6.07, 6.45) is 0. The van der Waals surface area contributed by atoms with Crippen molar-refractivity contribution in [3.63, 3.8) is 0 Å². The lowest BCUT2D eigenvalue weighted by Crippen LogP contribution is -2.14. The van der Waals surface area contributed by atoms with Gasteiger partial charge in [0.25, 0.3) is 5.91 Å². The van der Waals surface area contributed by atoms with Gasteiger partial charge in [-0.05, 0) is 30.3 Å². The van der Waals surface area contributed by atoms with E-state index in [0.717, 1.165) is 10.6 Å². The second-order valence-electron chi connectivity index (χ2n) is 4.84. The maximum atomic E-state index is 13.8. The first kappa shape index (κ1) is 17.0. The molecule has 0 saturated carbocycles. The fourth-order valence-electron chi connectivity index (χ4n) is 2.02. The van der Waals surface area contributed by atoms with Gasteiger partial charge in [-0.2, -0.15) is 0 Å². The van der Waals surface area contributed by atoms with E-state index in [0.29, 0.717) is 11.3 Å². The third kappa shape index (κ3) is 4.14. The third-order valence-electron chi connectivity index (χ3n) is 3.17. The molecule has 0 aliphatic carbocycles. The third-order valence-corrected chi connectivity index (χ3v) is 5.15. The lowest BCUT2D eigenvalue weighted by molar-refractivity contribution is 0.102. The summed E-state index contributed by atoms with van der Waals surface area (Å²) < 4.78 is 13.8. The summed E-state index contributed by atoms with van der Waals surface area (Å²) >= 11 is 8.78. The summed E-state index contributed by atoms with van der Waals surface area (Å²) in [5.74, 6) is -0.260. The summed E-state index contributed by atoms with van der Waals surface area (Å²) in [4.78, 5) is 17.5. The Kier molecular flexibility index (Phi) is 5.50. The number of nitrogens with one attached hydrogen (secondary N) is 1. The first-order valence-electron chi connectivity index (χ1n) is 6.99. The molecular weight excluding hydrogens is 367 g/mol. The summed E-state index contributed by atoms with van der Waals surface area (Å²) in [5.41, 5.74) is 3.33. The number of hydrogen-bond acceptors (Lipinski definition) is 4. The van der Waals surface area contributed by atoms with Gasteiger partial charge in [-0.1, -0.05) is 23.7 Å². The van der Waals surface area contributed by atoms with Gasteiger partial charge >= 0.3 is 0 Å². The number of rotatable bonds is 5. The molecule has 1 aromatic heterocycles. The van der Waals surface area contributed by atoms with E-state index in [9.17, 15) is 9.18 Å². The number of hydrogen-bond donors (Lipinski definition) is 1. The molecular formula is C17H12ClFN2OS2. The average molecular weight is 379 g/mol. The first-order valence-corrected chi connectivity index (χ1v) is 9.29. The quantitative estimate of drug-likeness (QED) is 0.597. The van der Waals surface area contributed by atoms with Gasteiger partial charge in [0, 0.05) is 21.1 Å². The molecule has 1 heterocycles. The van der Waals surface area contributed by atoms with Crippen molar-refractivity contribution >= 4 is 46.3 Å². The zero-order valence-corrected chi connectivity index (χ0v) is 14.7. The van der Waals surface area contributed by atoms with Gasteiger partial charge < -0.3 is 5.32 Å². The highest BCUT2D eigenvalue weighted by molar-refractivity contribution is 7.98. The Morgan fingerprint density at radius 3 is 2.88 bits per heavy atom. The van der Waals surface area contributed by atoms with Crippen LogP contribution in [-0.2, 0) is 5.75 Å². The number of carbonyl (C=O) groups excluding carboxylic acids is 1. The molecule has 0 aliphatic heterocycles. The molecule has 3 rings (SSSR count). The summed E-state index contributed by atoms with van der Waals surface area (Å²) in [6, 6.07) is 11.4. The second-order valence-corrected chi connectivity index (χ2v) is 7.02. The van der Waals surface area contributed by atoms with Crippen molar-refractivity contribution in [2.75, 3.05) is 5.32 Å². The van der Waals surface area contributed by atoms with Gasteiger partial charge in [-0.15, -0.1) is 23.1 Å². The Morgan fingerprint density at radius 1 is 1.29 bits per heavy atom. The first-order chi connectivity index (χ1) is 11.6. The predicted molar refractivity (Wildman–Crippen MR) is 97.5 cm³/mol. The van der Waals surface area contributed by atoms with Crippen molar-refractivity contribution in [3.05, 3.63) is 75.5 Å². The molecule has 0 aliphatic rings. The molecule has 7 heteroatoms. The fourth-order valence-corrected chi connectivity index (χ4v) is 3.80. The van der Waals surface area contributed by atoms with E-state index in [1.807, 2.05) is 17.5 Å². The Morgan fingerprint density at radius 2 is 2.12 bits per heavy atom. The highest BCUT2D eigenvalue weighted by atomic mass is 35.5. The number of amides is 1. The monoisotopic (exact) mass is 378 g/mol. The summed E-state index contributed by atoms with van der Waals surface area (Å²) in [5, 5.41) is 4.84. The number of nitrogens with zero attached hydrogens (tertiary/aromatic N) is 1. The van der Waals surface area contributed by atoms with E-state index in [1.54, 1.807) is 17.6 Å². The second kappa shape index (κ2) is 7.79. The highest BCUT2D eigenvalue weighted by Gasteiger charge is 2.14. The standard InChI is InChI=1S/C17H12ClFN2OS2/c18-11-5-6-15(14(19)7-11)21-17(22)13-3-1-2-4-16(13)24-9-12-8-23-10-20-12/h1-8,10H,9H2,(H,21,22). The largest absolute Gasteiger partial charge is 0.319 e. The molecule has 1 amide bonds. The Bertz CT molecular complexity index is 856. The van der Waals surface area contributed by atoms with Gasteiger partial charge in [0.2, 0.25) is 0 Å². The number of thiazole rings is 1. The van der Waals surface area contributed by atoms with Gasteiger partial charge in [-0.25, -0.2) is 9.37 Å². The van der Waals surface area contributed by atoms with E-state index >= 15 is 0 Å². The highest BCUT2D eigenvalue weighted by Crippen LogP contribution is 2.27. The predicted octanol–water partition coefficient (Wildman–Crippen LogP) is 5.48. The molecule has 0 atom stereocenters. The molecule has 3 aromatic rings. The van der Waals surface area contributed by atoms with Crippen LogP contribution < -0.4 is 5.32 Å². The Hall–Kier alpha value is -1.89. The molecule has 2 aromatic carbocycles. The SMILES string of the molecule is O=C(Nc1ccc(Cl)cc1F)c1ccccc1SCc1cscn1. The van der Waals surface area contributed by atoms with Crippen LogP contribution in [0.25, 0.3) is 0 Å². The molecule has 0 fully saturated rings. The molecule has 0 unspecified atom stereocenters. The number of aromatic nitrogens is 1. The topological polar surface area (TPSA) is 42.0 Å². The number of halogens is 2. The van der Waals surface area contributed by atoms with Crippen LogP contribution in [0.1, 0.15) is 16.1 Å². The van der Waals surface area contributed by atoms with Crippen LogP contribution in [-0.4, -0.2) is 10.9 Å². The van der Waals surface area contributed by atoms with Gasteiger partial charge in [-0.3, -0.25) is 4.79 Å². The van der Waals surface area contributed by atoms with Crippen LogP contribution in [0.4, 0.5) is 10.1 Å². The smallest absolute Gasteiger partial charge is 0.256 e.